The van der Waals surface area contributed by atoms with Crippen LogP contribution in [0.15, 0.2) is 85.2 Å². The number of aryl methyl sites for hydroxylation is 1. The Morgan fingerprint density at radius 2 is 1.56 bits per heavy atom. The van der Waals surface area contributed by atoms with E-state index >= 15 is 0 Å². The van der Waals surface area contributed by atoms with Gasteiger partial charge in [0.25, 0.3) is 0 Å². The van der Waals surface area contributed by atoms with Crippen LogP contribution in [0.5, 0.6) is 0 Å². The number of hydrogen-bond donors (Lipinski definition) is 1. The number of benzene rings is 2. The van der Waals surface area contributed by atoms with Crippen molar-refractivity contribution in [2.24, 2.45) is 0 Å². The molecule has 124 valence electrons. The van der Waals surface area contributed by atoms with Gasteiger partial charge in [-0.05, 0) is 35.3 Å². The molecule has 3 heteroatoms. The molecular weight excluding hydrogens is 308 g/mol. The van der Waals surface area contributed by atoms with Crippen LogP contribution >= 0.6 is 0 Å². The van der Waals surface area contributed by atoms with Crippen molar-refractivity contribution in [3.8, 4) is 0 Å². The fourth-order valence-corrected chi connectivity index (χ4v) is 2.67. The molecule has 2 aromatic carbocycles. The third-order valence-electron chi connectivity index (χ3n) is 3.82. The average molecular weight is 328 g/mol. The average Bonchev–Trinajstić information content (AvgIpc) is 2.64. The molecule has 0 aliphatic rings. The quantitative estimate of drug-likeness (QED) is 0.727. The molecule has 0 saturated carbocycles. The van der Waals surface area contributed by atoms with Crippen molar-refractivity contribution in [1.82, 2.24) is 4.98 Å². The molecule has 3 aromatic rings. The molecule has 0 fully saturated rings. The number of rotatable bonds is 5. The van der Waals surface area contributed by atoms with Crippen LogP contribution in [0.4, 0.5) is 5.69 Å². The summed E-state index contributed by atoms with van der Waals surface area (Å²) in [5, 5.41) is 2.90. The maximum absolute atomic E-state index is 12.3. The maximum atomic E-state index is 12.3. The minimum atomic E-state index is -0.0586. The normalized spacial score (nSPS) is 10.1. The highest BCUT2D eigenvalue weighted by atomic mass is 16.1. The molecule has 0 atom stereocenters. The van der Waals surface area contributed by atoms with E-state index in [0.717, 1.165) is 28.0 Å². The molecule has 1 aromatic heterocycles. The van der Waals surface area contributed by atoms with Gasteiger partial charge in [-0.2, -0.15) is 0 Å². The van der Waals surface area contributed by atoms with Gasteiger partial charge in [0.1, 0.15) is 0 Å². The predicted molar refractivity (Wildman–Crippen MR) is 102 cm³/mol. The first-order chi connectivity index (χ1) is 12.2. The molecular formula is C22H20N2O. The molecule has 1 amide bonds. The maximum Gasteiger partial charge on any atom is 0.228 e. The van der Waals surface area contributed by atoms with Gasteiger partial charge in [-0.1, -0.05) is 66.7 Å². The number of nitrogens with one attached hydrogen (secondary N) is 1. The summed E-state index contributed by atoms with van der Waals surface area (Å²) >= 11 is 0. The monoisotopic (exact) mass is 328 g/mol. The molecule has 0 unspecified atom stereocenters. The first-order valence-electron chi connectivity index (χ1n) is 8.25. The van der Waals surface area contributed by atoms with Crippen LogP contribution < -0.4 is 5.32 Å². The van der Waals surface area contributed by atoms with Crippen LogP contribution in [-0.4, -0.2) is 10.9 Å². The van der Waals surface area contributed by atoms with Gasteiger partial charge in [0.05, 0.1) is 11.9 Å². The Balaban J connectivity index is 1.80. The molecule has 0 aliphatic carbocycles. The van der Waals surface area contributed by atoms with Crippen molar-refractivity contribution < 1.29 is 4.79 Å². The molecule has 1 heterocycles. The van der Waals surface area contributed by atoms with E-state index in [1.165, 1.54) is 0 Å². The minimum absolute atomic E-state index is 0.0586. The first kappa shape index (κ1) is 16.7. The largest absolute Gasteiger partial charge is 0.324 e. The van der Waals surface area contributed by atoms with Gasteiger partial charge in [-0.3, -0.25) is 9.78 Å². The molecule has 1 N–H and O–H groups in total. The number of hydrogen-bond acceptors (Lipinski definition) is 2. The van der Waals surface area contributed by atoms with E-state index in [9.17, 15) is 4.79 Å². The molecule has 3 nitrogen and oxygen atoms in total. The van der Waals surface area contributed by atoms with Crippen LogP contribution in [0.1, 0.15) is 23.1 Å². The summed E-state index contributed by atoms with van der Waals surface area (Å²) in [4.78, 5) is 16.4. The fourth-order valence-electron chi connectivity index (χ4n) is 2.67. The van der Waals surface area contributed by atoms with Crippen LogP contribution in [0.3, 0.4) is 0 Å². The van der Waals surface area contributed by atoms with E-state index in [0.29, 0.717) is 6.42 Å². The molecule has 0 radical (unpaired) electrons. The molecule has 0 saturated heterocycles. The highest BCUT2D eigenvalue weighted by Gasteiger charge is 2.07. The number of pyridine rings is 1. The Hall–Kier alpha value is -3.20. The van der Waals surface area contributed by atoms with E-state index < -0.39 is 0 Å². The van der Waals surface area contributed by atoms with E-state index in [1.807, 2.05) is 55.5 Å². The van der Waals surface area contributed by atoms with E-state index in [4.69, 9.17) is 0 Å². The zero-order chi connectivity index (χ0) is 17.5. The summed E-state index contributed by atoms with van der Waals surface area (Å²) in [6, 6.07) is 22.1. The van der Waals surface area contributed by atoms with Crippen LogP contribution in [0.25, 0.3) is 5.57 Å². The first-order valence-corrected chi connectivity index (χ1v) is 8.25. The molecule has 0 spiro atoms. The van der Waals surface area contributed by atoms with Crippen molar-refractivity contribution in [3.05, 3.63) is 102 Å². The Morgan fingerprint density at radius 1 is 0.960 bits per heavy atom. The summed E-state index contributed by atoms with van der Waals surface area (Å²) in [6.07, 6.45) is 5.69. The Bertz CT molecular complexity index is 829. The van der Waals surface area contributed by atoms with Gasteiger partial charge in [0.15, 0.2) is 0 Å². The molecule has 0 aliphatic heterocycles. The van der Waals surface area contributed by atoms with Crippen LogP contribution in [0.2, 0.25) is 0 Å². The molecule has 25 heavy (non-hydrogen) atoms. The topological polar surface area (TPSA) is 42.0 Å². The van der Waals surface area contributed by atoms with Crippen molar-refractivity contribution in [2.75, 3.05) is 5.32 Å². The lowest BCUT2D eigenvalue weighted by Gasteiger charge is -2.09. The number of aromatic nitrogens is 1. The van der Waals surface area contributed by atoms with E-state index in [-0.39, 0.29) is 5.91 Å². The second kappa shape index (κ2) is 8.06. The second-order valence-electron chi connectivity index (χ2n) is 5.85. The van der Waals surface area contributed by atoms with Crippen molar-refractivity contribution in [2.45, 2.75) is 13.3 Å². The number of carbonyl (C=O) groups is 1. The number of amides is 1. The molecule has 0 bridgehead atoms. The van der Waals surface area contributed by atoms with Gasteiger partial charge >= 0.3 is 0 Å². The van der Waals surface area contributed by atoms with Crippen LogP contribution in [0, 0.1) is 6.92 Å². The summed E-state index contributed by atoms with van der Waals surface area (Å²) in [6.45, 7) is 1.95. The third kappa shape index (κ3) is 4.64. The highest BCUT2D eigenvalue weighted by molar-refractivity contribution is 5.93. The van der Waals surface area contributed by atoms with Gasteiger partial charge in [0, 0.05) is 12.6 Å². The minimum Gasteiger partial charge on any atom is -0.324 e. The zero-order valence-electron chi connectivity index (χ0n) is 14.1. The number of anilines is 1. The lowest BCUT2D eigenvalue weighted by atomic mass is 9.97. The van der Waals surface area contributed by atoms with Gasteiger partial charge in [0.2, 0.25) is 5.91 Å². The number of carbonyl (C=O) groups excluding carboxylic acids is 1. The summed E-state index contributed by atoms with van der Waals surface area (Å²) in [5.41, 5.74) is 4.98. The smallest absolute Gasteiger partial charge is 0.228 e. The third-order valence-corrected chi connectivity index (χ3v) is 3.82. The van der Waals surface area contributed by atoms with Gasteiger partial charge < -0.3 is 5.32 Å². The van der Waals surface area contributed by atoms with Crippen molar-refractivity contribution in [1.29, 1.82) is 0 Å². The van der Waals surface area contributed by atoms with Gasteiger partial charge in [-0.15, -0.1) is 0 Å². The predicted octanol–water partition coefficient (Wildman–Crippen LogP) is 4.85. The fraction of sp³-hybridized carbons (Fsp3) is 0.0909. The van der Waals surface area contributed by atoms with Gasteiger partial charge in [-0.25, -0.2) is 0 Å². The molecule has 3 rings (SSSR count). The van der Waals surface area contributed by atoms with Crippen LogP contribution in [-0.2, 0) is 4.79 Å². The van der Waals surface area contributed by atoms with Crippen molar-refractivity contribution >= 4 is 17.2 Å². The Kier molecular flexibility index (Phi) is 5.37. The SMILES string of the molecule is Cc1cncc(NC(=O)CC=C(c2ccccc2)c2ccccc2)c1. The van der Waals surface area contributed by atoms with E-state index in [1.54, 1.807) is 12.4 Å². The second-order valence-corrected chi connectivity index (χ2v) is 5.85. The Morgan fingerprint density at radius 3 is 2.12 bits per heavy atom. The number of nitrogens with zero attached hydrogens (tertiary/aromatic N) is 1. The summed E-state index contributed by atoms with van der Waals surface area (Å²) < 4.78 is 0. The summed E-state index contributed by atoms with van der Waals surface area (Å²) in [5.74, 6) is -0.0586. The zero-order valence-corrected chi connectivity index (χ0v) is 14.1. The highest BCUT2D eigenvalue weighted by Crippen LogP contribution is 2.23. The standard InChI is InChI=1S/C22H20N2O/c1-17-14-20(16-23-15-17)24-22(25)13-12-21(18-8-4-2-5-9-18)19-10-6-3-7-11-19/h2-12,14-16H,13H2,1H3,(H,24,25). The van der Waals surface area contributed by atoms with E-state index in [2.05, 4.69) is 34.6 Å². The Labute approximate surface area is 148 Å². The van der Waals surface area contributed by atoms with Crippen molar-refractivity contribution in [3.63, 3.8) is 0 Å². The lowest BCUT2D eigenvalue weighted by Crippen LogP contribution is -2.10. The summed E-state index contributed by atoms with van der Waals surface area (Å²) in [7, 11) is 0. The lowest BCUT2D eigenvalue weighted by molar-refractivity contribution is -0.115.